The molecule has 0 aromatic heterocycles. The Balaban J connectivity index is 1.97. The van der Waals surface area contributed by atoms with E-state index in [-0.39, 0.29) is 5.97 Å². The summed E-state index contributed by atoms with van der Waals surface area (Å²) in [5.41, 5.74) is 0. The summed E-state index contributed by atoms with van der Waals surface area (Å²) in [4.78, 5) is 11.1. The van der Waals surface area contributed by atoms with Crippen molar-refractivity contribution in [2.24, 2.45) is 5.92 Å². The van der Waals surface area contributed by atoms with Gasteiger partial charge in [0.25, 0.3) is 0 Å². The molecule has 1 rings (SSSR count). The van der Waals surface area contributed by atoms with E-state index in [0.717, 1.165) is 18.9 Å². The minimum Gasteiger partial charge on any atom is -0.466 e. The lowest BCUT2D eigenvalue weighted by molar-refractivity contribution is -0.143. The minimum atomic E-state index is -0.0680. The molecule has 1 N–H and O–H groups in total. The van der Waals surface area contributed by atoms with Gasteiger partial charge < -0.3 is 10.1 Å². The van der Waals surface area contributed by atoms with Crippen LogP contribution in [0.15, 0.2) is 0 Å². The maximum atomic E-state index is 11.1. The van der Waals surface area contributed by atoms with Gasteiger partial charge in [-0.05, 0) is 51.5 Å². The van der Waals surface area contributed by atoms with Crippen molar-refractivity contribution in [3.8, 4) is 0 Å². The Bertz CT molecular complexity index is 198. The third kappa shape index (κ3) is 5.50. The molecule has 0 aromatic rings. The predicted octanol–water partition coefficient (Wildman–Crippen LogP) is 2.50. The van der Waals surface area contributed by atoms with E-state index in [1.165, 1.54) is 25.7 Å². The van der Waals surface area contributed by atoms with Gasteiger partial charge in [0.1, 0.15) is 0 Å². The van der Waals surface area contributed by atoms with Crippen LogP contribution in [0.3, 0.4) is 0 Å². The van der Waals surface area contributed by atoms with E-state index in [1.54, 1.807) is 0 Å². The predicted molar refractivity (Wildman–Crippen MR) is 65.3 cm³/mol. The maximum absolute atomic E-state index is 11.1. The van der Waals surface area contributed by atoms with Gasteiger partial charge in [-0.3, -0.25) is 4.79 Å². The van der Waals surface area contributed by atoms with Crippen LogP contribution in [0.25, 0.3) is 0 Å². The summed E-state index contributed by atoms with van der Waals surface area (Å²) >= 11 is 0. The smallest absolute Gasteiger partial charge is 0.305 e. The summed E-state index contributed by atoms with van der Waals surface area (Å²) < 4.78 is 4.88. The molecule has 0 radical (unpaired) electrons. The van der Waals surface area contributed by atoms with Crippen molar-refractivity contribution in [2.75, 3.05) is 13.2 Å². The van der Waals surface area contributed by atoms with Gasteiger partial charge in [-0.1, -0.05) is 6.92 Å². The molecule has 3 nitrogen and oxygen atoms in total. The van der Waals surface area contributed by atoms with Gasteiger partial charge >= 0.3 is 5.97 Å². The first-order valence-corrected chi connectivity index (χ1v) is 6.61. The highest BCUT2D eigenvalue weighted by Crippen LogP contribution is 2.23. The van der Waals surface area contributed by atoms with E-state index in [9.17, 15) is 4.79 Å². The second-order valence-electron chi connectivity index (χ2n) is 4.82. The fourth-order valence-corrected chi connectivity index (χ4v) is 2.24. The molecule has 0 unspecified atom stereocenters. The number of carbonyl (C=O) groups is 1. The van der Waals surface area contributed by atoms with Crippen molar-refractivity contribution in [3.05, 3.63) is 0 Å². The van der Waals surface area contributed by atoms with Crippen LogP contribution < -0.4 is 5.32 Å². The van der Waals surface area contributed by atoms with E-state index in [0.29, 0.717) is 19.1 Å². The van der Waals surface area contributed by atoms with E-state index in [4.69, 9.17) is 4.74 Å². The molecule has 1 aliphatic rings. The molecule has 1 aliphatic carbocycles. The molecule has 0 atom stereocenters. The highest BCUT2D eigenvalue weighted by molar-refractivity contribution is 5.69. The van der Waals surface area contributed by atoms with Crippen molar-refractivity contribution in [1.82, 2.24) is 5.32 Å². The number of hydrogen-bond donors (Lipinski definition) is 1. The standard InChI is InChI=1S/C13H25NO2/c1-3-16-13(15)5-4-10-14-12-8-6-11(2)7-9-12/h11-12,14H,3-10H2,1-2H3. The van der Waals surface area contributed by atoms with Gasteiger partial charge in [-0.2, -0.15) is 0 Å². The molecule has 0 aliphatic heterocycles. The Labute approximate surface area is 98.9 Å². The zero-order chi connectivity index (χ0) is 11.8. The summed E-state index contributed by atoms with van der Waals surface area (Å²) in [5, 5.41) is 3.53. The van der Waals surface area contributed by atoms with E-state index >= 15 is 0 Å². The SMILES string of the molecule is CCOC(=O)CCCNC1CCC(C)CC1. The molecule has 1 fully saturated rings. The van der Waals surface area contributed by atoms with E-state index in [1.807, 2.05) is 6.92 Å². The Kier molecular flexibility index (Phi) is 6.46. The first kappa shape index (κ1) is 13.5. The fraction of sp³-hybridized carbons (Fsp3) is 0.923. The number of esters is 1. The van der Waals surface area contributed by atoms with Crippen LogP contribution in [0.1, 0.15) is 52.4 Å². The third-order valence-corrected chi connectivity index (χ3v) is 3.31. The number of ether oxygens (including phenoxy) is 1. The van der Waals surface area contributed by atoms with Crippen molar-refractivity contribution >= 4 is 5.97 Å². The Morgan fingerprint density at radius 2 is 2.00 bits per heavy atom. The van der Waals surface area contributed by atoms with Crippen LogP contribution in [-0.2, 0) is 9.53 Å². The van der Waals surface area contributed by atoms with Crippen molar-refractivity contribution in [2.45, 2.75) is 58.4 Å². The number of rotatable bonds is 6. The minimum absolute atomic E-state index is 0.0680. The number of nitrogens with one attached hydrogen (secondary N) is 1. The molecule has 94 valence electrons. The third-order valence-electron chi connectivity index (χ3n) is 3.31. The van der Waals surface area contributed by atoms with Crippen LogP contribution in [0.4, 0.5) is 0 Å². The Morgan fingerprint density at radius 1 is 1.31 bits per heavy atom. The summed E-state index contributed by atoms with van der Waals surface area (Å²) in [6.07, 6.45) is 6.71. The summed E-state index contributed by atoms with van der Waals surface area (Å²) in [6, 6.07) is 0.679. The van der Waals surface area contributed by atoms with Gasteiger partial charge in [0.15, 0.2) is 0 Å². The molecule has 0 amide bonds. The highest BCUT2D eigenvalue weighted by atomic mass is 16.5. The summed E-state index contributed by atoms with van der Waals surface area (Å²) in [5.74, 6) is 0.833. The highest BCUT2D eigenvalue weighted by Gasteiger charge is 2.17. The molecule has 0 spiro atoms. The van der Waals surface area contributed by atoms with Gasteiger partial charge in [-0.15, -0.1) is 0 Å². The van der Waals surface area contributed by atoms with Crippen LogP contribution in [0.2, 0.25) is 0 Å². The molecule has 0 bridgehead atoms. The van der Waals surface area contributed by atoms with E-state index in [2.05, 4.69) is 12.2 Å². The molecule has 0 heterocycles. The molecular weight excluding hydrogens is 202 g/mol. The second-order valence-corrected chi connectivity index (χ2v) is 4.82. The molecule has 0 aromatic carbocycles. The van der Waals surface area contributed by atoms with Gasteiger partial charge in [0, 0.05) is 12.5 Å². The first-order chi connectivity index (χ1) is 7.72. The number of hydrogen-bond acceptors (Lipinski definition) is 3. The van der Waals surface area contributed by atoms with Crippen molar-refractivity contribution in [3.63, 3.8) is 0 Å². The lowest BCUT2D eigenvalue weighted by Gasteiger charge is -2.26. The molecule has 16 heavy (non-hydrogen) atoms. The van der Waals surface area contributed by atoms with Gasteiger partial charge in [0.05, 0.1) is 6.61 Å². The van der Waals surface area contributed by atoms with Crippen molar-refractivity contribution < 1.29 is 9.53 Å². The van der Waals surface area contributed by atoms with Crippen LogP contribution in [0, 0.1) is 5.92 Å². The normalized spacial score (nSPS) is 25.4. The summed E-state index contributed by atoms with van der Waals surface area (Å²) in [6.45, 7) is 5.61. The average molecular weight is 227 g/mol. The fourth-order valence-electron chi connectivity index (χ4n) is 2.24. The second kappa shape index (κ2) is 7.66. The van der Waals surface area contributed by atoms with Crippen LogP contribution in [-0.4, -0.2) is 25.2 Å². The average Bonchev–Trinajstić information content (AvgIpc) is 2.27. The van der Waals surface area contributed by atoms with Crippen LogP contribution >= 0.6 is 0 Å². The largest absolute Gasteiger partial charge is 0.466 e. The Hall–Kier alpha value is -0.570. The first-order valence-electron chi connectivity index (χ1n) is 6.61. The lowest BCUT2D eigenvalue weighted by atomic mass is 9.87. The summed E-state index contributed by atoms with van der Waals surface area (Å²) in [7, 11) is 0. The molecule has 3 heteroatoms. The number of carbonyl (C=O) groups excluding carboxylic acids is 1. The maximum Gasteiger partial charge on any atom is 0.305 e. The lowest BCUT2D eigenvalue weighted by Crippen LogP contribution is -2.33. The molecular formula is C13H25NO2. The monoisotopic (exact) mass is 227 g/mol. The quantitative estimate of drug-likeness (QED) is 0.559. The topological polar surface area (TPSA) is 38.3 Å². The molecule has 1 saturated carbocycles. The molecule has 0 saturated heterocycles. The van der Waals surface area contributed by atoms with Gasteiger partial charge in [0.2, 0.25) is 0 Å². The van der Waals surface area contributed by atoms with E-state index < -0.39 is 0 Å². The van der Waals surface area contributed by atoms with Crippen LogP contribution in [0.5, 0.6) is 0 Å². The van der Waals surface area contributed by atoms with Crippen molar-refractivity contribution in [1.29, 1.82) is 0 Å². The zero-order valence-electron chi connectivity index (χ0n) is 10.6. The Morgan fingerprint density at radius 3 is 2.62 bits per heavy atom. The zero-order valence-corrected chi connectivity index (χ0v) is 10.6. The van der Waals surface area contributed by atoms with Gasteiger partial charge in [-0.25, -0.2) is 0 Å².